The number of ether oxygens (including phenoxy) is 1. The summed E-state index contributed by atoms with van der Waals surface area (Å²) >= 11 is 0. The van der Waals surface area contributed by atoms with Crippen molar-refractivity contribution in [2.45, 2.75) is 20.2 Å². The Bertz CT molecular complexity index is 2300. The molecule has 0 spiro atoms. The van der Waals surface area contributed by atoms with Crippen molar-refractivity contribution in [2.75, 3.05) is 14.1 Å². The Morgan fingerprint density at radius 3 is 1.93 bits per heavy atom. The molecule has 3 aromatic carbocycles. The number of Topliss-reactive ketones (excluding diaryl/α,β-unsaturated/α-hetero) is 1. The smallest absolute Gasteiger partial charge is 0.261 e. The van der Waals surface area contributed by atoms with E-state index in [4.69, 9.17) is 23.9 Å². The first-order valence-corrected chi connectivity index (χ1v) is 11.9. The van der Waals surface area contributed by atoms with E-state index in [-0.39, 0.29) is 40.9 Å². The Morgan fingerprint density at radius 2 is 1.34 bits per heavy atom. The van der Waals surface area contributed by atoms with Gasteiger partial charge in [0.2, 0.25) is 5.91 Å². The number of fused-ring (bicyclic) bond motifs is 2. The molecule has 1 aliphatic carbocycles. The minimum Gasteiger partial charge on any atom is -0.457 e. The second-order valence-electron chi connectivity index (χ2n) is 8.93. The van der Waals surface area contributed by atoms with E-state index >= 15 is 0 Å². The summed E-state index contributed by atoms with van der Waals surface area (Å²) in [7, 11) is 2.27. The van der Waals surface area contributed by atoms with Gasteiger partial charge in [0.1, 0.15) is 11.5 Å². The topological polar surface area (TPSA) is 101 Å². The van der Waals surface area contributed by atoms with E-state index in [0.717, 1.165) is 14.1 Å². The molecular formula is C33H28N2O6. The van der Waals surface area contributed by atoms with Crippen LogP contribution in [0.25, 0.3) is 0 Å². The largest absolute Gasteiger partial charge is 0.457 e. The van der Waals surface area contributed by atoms with E-state index < -0.39 is 130 Å². The molecule has 4 amide bonds. The molecule has 2 unspecified atom stereocenters. The van der Waals surface area contributed by atoms with Gasteiger partial charge in [-0.2, -0.15) is 0 Å². The summed E-state index contributed by atoms with van der Waals surface area (Å²) in [5, 5.41) is 0. The van der Waals surface area contributed by atoms with Crippen molar-refractivity contribution in [3.05, 3.63) is 118 Å². The van der Waals surface area contributed by atoms with Gasteiger partial charge in [0.25, 0.3) is 17.7 Å². The van der Waals surface area contributed by atoms with Gasteiger partial charge >= 0.3 is 0 Å². The molecule has 2 heterocycles. The Balaban J connectivity index is 0.000000223. The van der Waals surface area contributed by atoms with Crippen LogP contribution in [0, 0.1) is 19.8 Å². The quantitative estimate of drug-likeness (QED) is 0.325. The first kappa shape index (κ1) is 15.0. The van der Waals surface area contributed by atoms with Crippen molar-refractivity contribution in [1.82, 2.24) is 9.80 Å². The number of hydrogen-bond donors (Lipinski definition) is 0. The third-order valence-corrected chi connectivity index (χ3v) is 6.09. The highest BCUT2D eigenvalue weighted by molar-refractivity contribution is 6.22. The molecule has 2 aliphatic heterocycles. The van der Waals surface area contributed by atoms with Gasteiger partial charge in [-0.05, 0) is 56.5 Å². The molecule has 0 radical (unpaired) electrons. The summed E-state index contributed by atoms with van der Waals surface area (Å²) in [6.45, 7) is 2.90. The highest BCUT2D eigenvalue weighted by Crippen LogP contribution is 2.35. The molecule has 8 nitrogen and oxygen atoms in total. The number of likely N-dealkylation sites (N-methyl/N-ethyl adjacent to an activating group) is 1. The Kier molecular flexibility index (Phi) is 3.97. The molecule has 6 rings (SSSR count). The average Bonchev–Trinajstić information content (AvgIpc) is 3.52. The molecule has 3 aliphatic rings. The van der Waals surface area contributed by atoms with Crippen molar-refractivity contribution < 1.29 is 47.9 Å². The SMILES string of the molecule is [2H]C1=C(C(=O)c2c([2H])c([2H])c3c(c2[2H])C(=O)N(C)C3=O)C([2H])C2C(=O)N(C)C(=O)C2=C1[2H].[2H]c1c([2H])c(Oc2c([2H])c([2H])c(C)c([2H])c2[2H])c([2H])c([2H])c1C. The van der Waals surface area contributed by atoms with Crippen molar-refractivity contribution in [2.24, 2.45) is 5.92 Å². The minimum absolute atomic E-state index is 0.163. The molecule has 0 aromatic heterocycles. The summed E-state index contributed by atoms with van der Waals surface area (Å²) in [5.41, 5.74) is -2.58. The number of rotatable bonds is 4. The van der Waals surface area contributed by atoms with Gasteiger partial charge in [-0.25, -0.2) is 0 Å². The van der Waals surface area contributed by atoms with Gasteiger partial charge in [0, 0.05) is 32.2 Å². The molecule has 0 bridgehead atoms. The van der Waals surface area contributed by atoms with Gasteiger partial charge in [0.15, 0.2) is 5.78 Å². The van der Waals surface area contributed by atoms with Crippen LogP contribution in [0.4, 0.5) is 0 Å². The number of ketones is 1. The van der Waals surface area contributed by atoms with Crippen molar-refractivity contribution >= 4 is 29.4 Å². The van der Waals surface area contributed by atoms with E-state index in [2.05, 4.69) is 0 Å². The standard InChI is InChI=1S/C19H14N2O5.C14H14O/c1-20-16(23)11-5-3-9(7-13(11)18(20)25)15(22)10-4-6-12-14(8-10)19(26)21(2)17(12)24;1-11-3-7-13(8-4-11)15-14-9-5-12(2)6-10-14/h3-7,14H,8H2,1-2H3;3-10H,1-2H3/i3D,4D,5D,6D,7D,8D;3D,4D,5D,6D,7D,8D,9D,10D. The second kappa shape index (κ2) is 10.8. The number of likely N-dealkylation sites (tertiary alicyclic amines) is 1. The molecular weight excluding hydrogens is 520 g/mol. The molecule has 0 saturated carbocycles. The van der Waals surface area contributed by atoms with E-state index in [1.54, 1.807) is 0 Å². The summed E-state index contributed by atoms with van der Waals surface area (Å²) in [6.07, 6.45) is -1.78. The van der Waals surface area contributed by atoms with Crippen LogP contribution in [0.15, 0.2) is 89.7 Å². The van der Waals surface area contributed by atoms with Crippen molar-refractivity contribution in [3.8, 4) is 11.5 Å². The van der Waals surface area contributed by atoms with Crippen LogP contribution < -0.4 is 4.74 Å². The fourth-order valence-corrected chi connectivity index (χ4v) is 3.84. The van der Waals surface area contributed by atoms with Crippen LogP contribution in [0.5, 0.6) is 11.5 Å². The van der Waals surface area contributed by atoms with E-state index in [1.165, 1.54) is 13.8 Å². The number of hydrogen-bond acceptors (Lipinski definition) is 6. The minimum atomic E-state index is -1.78. The average molecular weight is 563 g/mol. The molecule has 1 saturated heterocycles. The lowest BCUT2D eigenvalue weighted by molar-refractivity contribution is -0.137. The molecule has 2 atom stereocenters. The lowest BCUT2D eigenvalue weighted by atomic mass is 9.85. The first-order valence-electron chi connectivity index (χ1n) is 19.0. The fraction of sp³-hybridized carbons (Fsp3) is 0.182. The number of carbonyl (C=O) groups excluding carboxylic acids is 5. The normalized spacial score (nSPS) is 24.5. The van der Waals surface area contributed by atoms with E-state index in [0.29, 0.717) is 9.80 Å². The van der Waals surface area contributed by atoms with Crippen LogP contribution in [0.2, 0.25) is 0 Å². The monoisotopic (exact) mass is 562 g/mol. The zero-order chi connectivity index (χ0) is 41.6. The van der Waals surface area contributed by atoms with Gasteiger partial charge in [-0.3, -0.25) is 33.8 Å². The van der Waals surface area contributed by atoms with Gasteiger partial charge in [-0.1, -0.05) is 53.4 Å². The number of imide groups is 2. The summed E-state index contributed by atoms with van der Waals surface area (Å²) in [4.78, 5) is 64.1. The molecule has 41 heavy (non-hydrogen) atoms. The number of carbonyl (C=O) groups is 5. The predicted octanol–water partition coefficient (Wildman–Crippen LogP) is 5.06. The Hall–Kier alpha value is -5.11. The highest BCUT2D eigenvalue weighted by atomic mass is 16.5. The molecule has 0 N–H and O–H groups in total. The molecule has 1 fully saturated rings. The lowest BCUT2D eigenvalue weighted by Gasteiger charge is -2.15. The molecule has 206 valence electrons. The van der Waals surface area contributed by atoms with Crippen LogP contribution in [-0.2, 0) is 9.59 Å². The van der Waals surface area contributed by atoms with E-state index in [9.17, 15) is 24.0 Å². The van der Waals surface area contributed by atoms with Crippen LogP contribution in [0.3, 0.4) is 0 Å². The number of amides is 4. The second-order valence-corrected chi connectivity index (χ2v) is 8.93. The highest BCUT2D eigenvalue weighted by Gasteiger charge is 2.43. The lowest BCUT2D eigenvalue weighted by Crippen LogP contribution is -2.26. The third-order valence-electron chi connectivity index (χ3n) is 6.09. The zero-order valence-electron chi connectivity index (χ0n) is 36.0. The Morgan fingerprint density at radius 1 is 0.780 bits per heavy atom. The molecule has 8 heteroatoms. The number of nitrogens with zero attached hydrogens (tertiary/aromatic N) is 2. The summed E-state index contributed by atoms with van der Waals surface area (Å²) in [5.74, 6) is -7.12. The van der Waals surface area contributed by atoms with Crippen LogP contribution >= 0.6 is 0 Å². The Labute approximate surface area is 257 Å². The summed E-state index contributed by atoms with van der Waals surface area (Å²) < 4.78 is 117. The predicted molar refractivity (Wildman–Crippen MR) is 152 cm³/mol. The zero-order valence-corrected chi connectivity index (χ0v) is 22.0. The van der Waals surface area contributed by atoms with Crippen molar-refractivity contribution in [3.63, 3.8) is 0 Å². The fourth-order valence-electron chi connectivity index (χ4n) is 3.84. The van der Waals surface area contributed by atoms with Gasteiger partial charge in [0.05, 0.1) is 34.9 Å². The molecule has 3 aromatic rings. The van der Waals surface area contributed by atoms with Gasteiger partial charge in [-0.15, -0.1) is 0 Å². The van der Waals surface area contributed by atoms with E-state index in [1.807, 2.05) is 0 Å². The number of allylic oxidation sites excluding steroid dienone is 3. The van der Waals surface area contributed by atoms with Gasteiger partial charge < -0.3 is 4.74 Å². The maximum Gasteiger partial charge on any atom is 0.261 e. The number of benzene rings is 3. The van der Waals surface area contributed by atoms with Crippen molar-refractivity contribution in [1.29, 1.82) is 0 Å². The maximum absolute atomic E-state index is 13.3. The first-order chi connectivity index (χ1) is 25.4. The third kappa shape index (κ3) is 5.24. The summed E-state index contributed by atoms with van der Waals surface area (Å²) in [6, 6.07) is -6.78. The maximum atomic E-state index is 13.3. The van der Waals surface area contributed by atoms with Crippen LogP contribution in [-0.4, -0.2) is 53.3 Å². The van der Waals surface area contributed by atoms with Crippen LogP contribution in [0.1, 0.15) is 67.8 Å².